The van der Waals surface area contributed by atoms with Gasteiger partial charge < -0.3 is 15.3 Å². The van der Waals surface area contributed by atoms with Crippen molar-refractivity contribution in [3.63, 3.8) is 0 Å². The highest BCUT2D eigenvalue weighted by Crippen LogP contribution is 2.23. The summed E-state index contributed by atoms with van der Waals surface area (Å²) in [4.78, 5) is 10.5. The van der Waals surface area contributed by atoms with E-state index in [4.69, 9.17) is 5.11 Å². The van der Waals surface area contributed by atoms with E-state index in [9.17, 15) is 15.0 Å². The number of carboxylic acids is 1. The van der Waals surface area contributed by atoms with Gasteiger partial charge in [-0.05, 0) is 41.7 Å². The molecule has 0 aliphatic carbocycles. The number of carboxylic acid groups (broad SMARTS) is 1. The van der Waals surface area contributed by atoms with Crippen LogP contribution < -0.4 is 0 Å². The van der Waals surface area contributed by atoms with Gasteiger partial charge in [-0.25, -0.2) is 0 Å². The zero-order chi connectivity index (χ0) is 15.2. The minimum atomic E-state index is -0.985. The standard InChI is InChI=1S/C17H18O4/c18-15-3-1-2-14(10-15)13-7-4-12(5-8-13)6-9-16(19)11-17(20)21/h1-5,7-8,10,16,18-19H,6,9,11H2,(H,20,21). The first-order valence-electron chi connectivity index (χ1n) is 6.83. The molecule has 0 aliphatic rings. The fourth-order valence-corrected chi connectivity index (χ4v) is 2.19. The van der Waals surface area contributed by atoms with Gasteiger partial charge in [-0.1, -0.05) is 36.4 Å². The lowest BCUT2D eigenvalue weighted by atomic mass is 10.0. The second-order valence-electron chi connectivity index (χ2n) is 5.04. The minimum absolute atomic E-state index is 0.221. The predicted molar refractivity (Wildman–Crippen MR) is 80.1 cm³/mol. The van der Waals surface area contributed by atoms with Crippen LogP contribution in [0.1, 0.15) is 18.4 Å². The topological polar surface area (TPSA) is 77.8 Å². The molecule has 2 aromatic rings. The van der Waals surface area contributed by atoms with Crippen molar-refractivity contribution in [3.8, 4) is 16.9 Å². The summed E-state index contributed by atoms with van der Waals surface area (Å²) in [5.41, 5.74) is 2.98. The summed E-state index contributed by atoms with van der Waals surface area (Å²) < 4.78 is 0. The number of aliphatic hydroxyl groups is 1. The Morgan fingerprint density at radius 1 is 1.05 bits per heavy atom. The highest BCUT2D eigenvalue weighted by molar-refractivity contribution is 5.67. The summed E-state index contributed by atoms with van der Waals surface area (Å²) in [6.07, 6.45) is 0.0294. The van der Waals surface area contributed by atoms with E-state index in [2.05, 4.69) is 0 Å². The number of benzene rings is 2. The Morgan fingerprint density at radius 3 is 2.38 bits per heavy atom. The van der Waals surface area contributed by atoms with E-state index in [0.29, 0.717) is 12.8 Å². The van der Waals surface area contributed by atoms with E-state index < -0.39 is 12.1 Å². The van der Waals surface area contributed by atoms with Gasteiger partial charge in [0.1, 0.15) is 5.75 Å². The molecule has 2 aromatic carbocycles. The number of rotatable bonds is 6. The number of aliphatic hydroxyl groups excluding tert-OH is 1. The van der Waals surface area contributed by atoms with E-state index in [1.54, 1.807) is 18.2 Å². The molecule has 1 unspecified atom stereocenters. The minimum Gasteiger partial charge on any atom is -0.508 e. The van der Waals surface area contributed by atoms with Crippen molar-refractivity contribution in [2.75, 3.05) is 0 Å². The molecule has 0 bridgehead atoms. The zero-order valence-electron chi connectivity index (χ0n) is 11.6. The first kappa shape index (κ1) is 15.1. The van der Waals surface area contributed by atoms with Crippen LogP contribution in [0.25, 0.3) is 11.1 Å². The number of phenols is 1. The lowest BCUT2D eigenvalue weighted by Gasteiger charge is -2.08. The number of hydrogen-bond acceptors (Lipinski definition) is 3. The largest absolute Gasteiger partial charge is 0.508 e. The molecule has 0 amide bonds. The fraction of sp³-hybridized carbons (Fsp3) is 0.235. The Bertz CT molecular complexity index is 604. The lowest BCUT2D eigenvalue weighted by Crippen LogP contribution is -2.13. The molecule has 110 valence electrons. The summed E-state index contributed by atoms with van der Waals surface area (Å²) in [5.74, 6) is -0.755. The summed E-state index contributed by atoms with van der Waals surface area (Å²) in [6, 6.07) is 14.8. The molecule has 21 heavy (non-hydrogen) atoms. The van der Waals surface area contributed by atoms with Crippen molar-refractivity contribution in [2.24, 2.45) is 0 Å². The molecular formula is C17H18O4. The highest BCUT2D eigenvalue weighted by atomic mass is 16.4. The number of hydrogen-bond donors (Lipinski definition) is 3. The van der Waals surface area contributed by atoms with Crippen LogP contribution in [0.4, 0.5) is 0 Å². The summed E-state index contributed by atoms with van der Waals surface area (Å²) in [6.45, 7) is 0. The van der Waals surface area contributed by atoms with Crippen molar-refractivity contribution in [3.05, 3.63) is 54.1 Å². The number of aliphatic carboxylic acids is 1. The van der Waals surface area contributed by atoms with Crippen LogP contribution in [0.3, 0.4) is 0 Å². The smallest absolute Gasteiger partial charge is 0.305 e. The van der Waals surface area contributed by atoms with Crippen molar-refractivity contribution >= 4 is 5.97 Å². The number of carbonyl (C=O) groups is 1. The first-order valence-corrected chi connectivity index (χ1v) is 6.83. The maximum absolute atomic E-state index is 10.5. The molecule has 0 aliphatic heterocycles. The summed E-state index contributed by atoms with van der Waals surface area (Å²) >= 11 is 0. The Hall–Kier alpha value is -2.33. The molecule has 0 fully saturated rings. The fourth-order valence-electron chi connectivity index (χ4n) is 2.19. The second kappa shape index (κ2) is 6.90. The average molecular weight is 286 g/mol. The van der Waals surface area contributed by atoms with Crippen molar-refractivity contribution < 1.29 is 20.1 Å². The van der Waals surface area contributed by atoms with Crippen LogP contribution in [-0.2, 0) is 11.2 Å². The maximum atomic E-state index is 10.5. The molecule has 0 aromatic heterocycles. The van der Waals surface area contributed by atoms with Crippen LogP contribution in [0.5, 0.6) is 5.75 Å². The van der Waals surface area contributed by atoms with Gasteiger partial charge in [0, 0.05) is 0 Å². The van der Waals surface area contributed by atoms with Crippen LogP contribution in [0, 0.1) is 0 Å². The van der Waals surface area contributed by atoms with Gasteiger partial charge in [-0.15, -0.1) is 0 Å². The third kappa shape index (κ3) is 4.61. The van der Waals surface area contributed by atoms with E-state index in [0.717, 1.165) is 16.7 Å². The maximum Gasteiger partial charge on any atom is 0.305 e. The quantitative estimate of drug-likeness (QED) is 0.763. The molecule has 2 rings (SSSR count). The Morgan fingerprint density at radius 2 is 1.76 bits per heavy atom. The monoisotopic (exact) mass is 286 g/mol. The van der Waals surface area contributed by atoms with E-state index >= 15 is 0 Å². The van der Waals surface area contributed by atoms with Crippen molar-refractivity contribution in [1.29, 1.82) is 0 Å². The lowest BCUT2D eigenvalue weighted by molar-refractivity contribution is -0.139. The molecule has 1 atom stereocenters. The molecular weight excluding hydrogens is 268 g/mol. The Labute approximate surface area is 123 Å². The van der Waals surface area contributed by atoms with Gasteiger partial charge in [0.25, 0.3) is 0 Å². The van der Waals surface area contributed by atoms with E-state index in [-0.39, 0.29) is 12.2 Å². The summed E-state index contributed by atoms with van der Waals surface area (Å²) in [7, 11) is 0. The number of aromatic hydroxyl groups is 1. The van der Waals surface area contributed by atoms with E-state index in [1.807, 2.05) is 30.3 Å². The third-order valence-electron chi connectivity index (χ3n) is 3.31. The Kier molecular flexibility index (Phi) is 4.95. The molecule has 4 nitrogen and oxygen atoms in total. The van der Waals surface area contributed by atoms with Crippen LogP contribution in [-0.4, -0.2) is 27.4 Å². The molecule has 0 spiro atoms. The van der Waals surface area contributed by atoms with Gasteiger partial charge in [-0.2, -0.15) is 0 Å². The molecule has 0 saturated heterocycles. The van der Waals surface area contributed by atoms with Gasteiger partial charge in [0.15, 0.2) is 0 Å². The molecule has 0 saturated carbocycles. The molecule has 0 radical (unpaired) electrons. The Balaban J connectivity index is 1.97. The van der Waals surface area contributed by atoms with Crippen LogP contribution >= 0.6 is 0 Å². The first-order chi connectivity index (χ1) is 10.0. The van der Waals surface area contributed by atoms with Gasteiger partial charge in [-0.3, -0.25) is 4.79 Å². The summed E-state index contributed by atoms with van der Waals surface area (Å²) in [5, 5.41) is 27.6. The third-order valence-corrected chi connectivity index (χ3v) is 3.31. The molecule has 4 heteroatoms. The predicted octanol–water partition coefficient (Wildman–Crippen LogP) is 2.83. The number of phenolic OH excluding ortho intramolecular Hbond substituents is 1. The van der Waals surface area contributed by atoms with E-state index in [1.165, 1.54) is 0 Å². The molecule has 3 N–H and O–H groups in total. The van der Waals surface area contributed by atoms with Crippen molar-refractivity contribution in [1.82, 2.24) is 0 Å². The zero-order valence-corrected chi connectivity index (χ0v) is 11.6. The van der Waals surface area contributed by atoms with Crippen LogP contribution in [0.2, 0.25) is 0 Å². The number of aryl methyl sites for hydroxylation is 1. The van der Waals surface area contributed by atoms with Crippen molar-refractivity contribution in [2.45, 2.75) is 25.4 Å². The van der Waals surface area contributed by atoms with Gasteiger partial charge in [0.2, 0.25) is 0 Å². The molecule has 0 heterocycles. The average Bonchev–Trinajstić information content (AvgIpc) is 2.45. The van der Waals surface area contributed by atoms with Gasteiger partial charge >= 0.3 is 5.97 Å². The van der Waals surface area contributed by atoms with Crippen LogP contribution in [0.15, 0.2) is 48.5 Å². The second-order valence-corrected chi connectivity index (χ2v) is 5.04. The van der Waals surface area contributed by atoms with Gasteiger partial charge in [0.05, 0.1) is 12.5 Å². The SMILES string of the molecule is O=C(O)CC(O)CCc1ccc(-c2cccc(O)c2)cc1. The normalized spacial score (nSPS) is 12.0. The highest BCUT2D eigenvalue weighted by Gasteiger charge is 2.09.